The van der Waals surface area contributed by atoms with E-state index >= 15 is 0 Å². The third kappa shape index (κ3) is 1.60. The maximum Gasteiger partial charge on any atom is 0.240 e. The molecule has 0 aromatic heterocycles. The van der Waals surface area contributed by atoms with Crippen LogP contribution in [0.1, 0.15) is 32.1 Å². The van der Waals surface area contributed by atoms with E-state index in [0.29, 0.717) is 5.92 Å². The van der Waals surface area contributed by atoms with Crippen LogP contribution in [0, 0.1) is 22.7 Å². The molecule has 2 unspecified atom stereocenters. The van der Waals surface area contributed by atoms with Gasteiger partial charge in [0.15, 0.2) is 0 Å². The Morgan fingerprint density at radius 1 is 1.38 bits per heavy atom. The van der Waals surface area contributed by atoms with Gasteiger partial charge in [-0.05, 0) is 38.0 Å². The van der Waals surface area contributed by atoms with Gasteiger partial charge in [0.05, 0.1) is 18.2 Å². The predicted molar refractivity (Wildman–Crippen MR) is 56.3 cm³/mol. The van der Waals surface area contributed by atoms with Crippen LogP contribution in [0.25, 0.3) is 0 Å². The summed E-state index contributed by atoms with van der Waals surface area (Å²) >= 11 is 0. The topological polar surface area (TPSA) is 62.1 Å². The van der Waals surface area contributed by atoms with Crippen LogP contribution in [0.3, 0.4) is 0 Å². The van der Waals surface area contributed by atoms with Crippen molar-refractivity contribution in [3.63, 3.8) is 0 Å². The van der Waals surface area contributed by atoms with Crippen molar-refractivity contribution in [2.24, 2.45) is 11.3 Å². The van der Waals surface area contributed by atoms with Crippen molar-refractivity contribution in [2.45, 2.75) is 44.2 Å². The molecule has 4 nitrogen and oxygen atoms in total. The quantitative estimate of drug-likeness (QED) is 0.771. The molecule has 2 atom stereocenters. The lowest BCUT2D eigenvalue weighted by Crippen LogP contribution is -2.44. The molecule has 0 bridgehead atoms. The highest BCUT2D eigenvalue weighted by atomic mass is 16.5. The number of nitrogens with one attached hydrogen (secondary N) is 1. The molecule has 1 saturated heterocycles. The number of ether oxygens (including phenoxy) is 1. The Morgan fingerprint density at radius 3 is 2.69 bits per heavy atom. The van der Waals surface area contributed by atoms with E-state index in [1.54, 1.807) is 0 Å². The molecule has 4 heteroatoms. The van der Waals surface area contributed by atoms with Crippen LogP contribution >= 0.6 is 0 Å². The van der Waals surface area contributed by atoms with E-state index in [1.165, 1.54) is 12.8 Å². The molecule has 16 heavy (non-hydrogen) atoms. The normalized spacial score (nSPS) is 35.4. The lowest BCUT2D eigenvalue weighted by Gasteiger charge is -2.20. The zero-order valence-corrected chi connectivity index (χ0v) is 9.24. The van der Waals surface area contributed by atoms with E-state index in [9.17, 15) is 4.79 Å². The number of nitriles is 1. The Kier molecular flexibility index (Phi) is 2.18. The van der Waals surface area contributed by atoms with Crippen molar-refractivity contribution in [3.8, 4) is 6.07 Å². The second kappa shape index (κ2) is 3.46. The molecule has 1 amide bonds. The molecule has 3 rings (SSSR count). The lowest BCUT2D eigenvalue weighted by atomic mass is 10.0. The number of hydrogen-bond acceptors (Lipinski definition) is 3. The summed E-state index contributed by atoms with van der Waals surface area (Å²) in [7, 11) is 0. The van der Waals surface area contributed by atoms with Crippen molar-refractivity contribution in [1.29, 1.82) is 5.26 Å². The molecule has 1 heterocycles. The van der Waals surface area contributed by atoms with Gasteiger partial charge in [-0.25, -0.2) is 0 Å². The molecule has 0 aromatic carbocycles. The van der Waals surface area contributed by atoms with E-state index in [-0.39, 0.29) is 18.1 Å². The van der Waals surface area contributed by atoms with E-state index in [4.69, 9.17) is 10.00 Å². The largest absolute Gasteiger partial charge is 0.376 e. The molecular weight excluding hydrogens is 204 g/mol. The summed E-state index contributed by atoms with van der Waals surface area (Å²) < 4.78 is 5.66. The third-order valence-electron chi connectivity index (χ3n) is 3.94. The van der Waals surface area contributed by atoms with Crippen molar-refractivity contribution in [2.75, 3.05) is 6.61 Å². The Labute approximate surface area is 95.0 Å². The number of nitrogens with zero attached hydrogens (tertiary/aromatic N) is 1. The molecular formula is C12H16N2O2. The van der Waals surface area contributed by atoms with Crippen LogP contribution in [0.2, 0.25) is 0 Å². The first-order chi connectivity index (χ1) is 7.75. The van der Waals surface area contributed by atoms with E-state index < -0.39 is 5.41 Å². The predicted octanol–water partition coefficient (Wildman–Crippen LogP) is 0.974. The Hall–Kier alpha value is -1.08. The summed E-state index contributed by atoms with van der Waals surface area (Å²) in [6, 6.07) is 2.28. The average molecular weight is 220 g/mol. The fourth-order valence-electron chi connectivity index (χ4n) is 2.48. The molecule has 2 saturated carbocycles. The summed E-state index contributed by atoms with van der Waals surface area (Å²) in [4.78, 5) is 11.9. The molecule has 3 fully saturated rings. The van der Waals surface area contributed by atoms with Crippen molar-refractivity contribution in [3.05, 3.63) is 0 Å². The Balaban J connectivity index is 1.62. The summed E-state index contributed by atoms with van der Waals surface area (Å²) in [6.07, 6.45) is 4.99. The standard InChI is InChI=1S/C12H16N2O2/c13-7-12(4-5-12)11(15)14-9-3-6-16-10(9)8-1-2-8/h8-10H,1-6H2,(H,14,15). The van der Waals surface area contributed by atoms with Crippen LogP contribution in [0.15, 0.2) is 0 Å². The third-order valence-corrected chi connectivity index (χ3v) is 3.94. The van der Waals surface area contributed by atoms with Crippen molar-refractivity contribution >= 4 is 5.91 Å². The van der Waals surface area contributed by atoms with Gasteiger partial charge < -0.3 is 10.1 Å². The van der Waals surface area contributed by atoms with Crippen LogP contribution in [-0.2, 0) is 9.53 Å². The van der Waals surface area contributed by atoms with Crippen LogP contribution in [-0.4, -0.2) is 24.7 Å². The first kappa shape index (κ1) is 10.1. The molecule has 86 valence electrons. The Morgan fingerprint density at radius 2 is 2.12 bits per heavy atom. The molecule has 0 radical (unpaired) electrons. The van der Waals surface area contributed by atoms with Gasteiger partial charge in [0.25, 0.3) is 0 Å². The smallest absolute Gasteiger partial charge is 0.240 e. The Bertz CT molecular complexity index is 353. The van der Waals surface area contributed by atoms with Gasteiger partial charge in [0.2, 0.25) is 5.91 Å². The van der Waals surface area contributed by atoms with Crippen molar-refractivity contribution < 1.29 is 9.53 Å². The number of carbonyl (C=O) groups excluding carboxylic acids is 1. The monoisotopic (exact) mass is 220 g/mol. The highest BCUT2D eigenvalue weighted by molar-refractivity contribution is 5.88. The van der Waals surface area contributed by atoms with Crippen LogP contribution in [0.5, 0.6) is 0 Å². The second-order valence-corrected chi connectivity index (χ2v) is 5.24. The molecule has 3 aliphatic rings. The van der Waals surface area contributed by atoms with Gasteiger partial charge in [0, 0.05) is 6.61 Å². The summed E-state index contributed by atoms with van der Waals surface area (Å²) in [6.45, 7) is 0.742. The van der Waals surface area contributed by atoms with Gasteiger partial charge >= 0.3 is 0 Å². The van der Waals surface area contributed by atoms with Gasteiger partial charge in [0.1, 0.15) is 5.41 Å². The fourth-order valence-corrected chi connectivity index (χ4v) is 2.48. The SMILES string of the molecule is N#CC1(C(=O)NC2CCOC2C2CC2)CC1. The summed E-state index contributed by atoms with van der Waals surface area (Å²) in [5.41, 5.74) is -0.698. The number of rotatable bonds is 3. The molecule has 2 aliphatic carbocycles. The van der Waals surface area contributed by atoms with E-state index in [2.05, 4.69) is 11.4 Å². The van der Waals surface area contributed by atoms with Gasteiger partial charge in [-0.2, -0.15) is 5.26 Å². The fraction of sp³-hybridized carbons (Fsp3) is 0.833. The zero-order valence-electron chi connectivity index (χ0n) is 9.24. The number of amides is 1. The number of carbonyl (C=O) groups is 1. The number of hydrogen-bond donors (Lipinski definition) is 1. The lowest BCUT2D eigenvalue weighted by molar-refractivity contribution is -0.125. The molecule has 1 N–H and O–H groups in total. The molecule has 1 aliphatic heterocycles. The first-order valence-corrected chi connectivity index (χ1v) is 6.09. The second-order valence-electron chi connectivity index (χ2n) is 5.24. The van der Waals surface area contributed by atoms with Gasteiger partial charge in [-0.1, -0.05) is 0 Å². The van der Waals surface area contributed by atoms with Gasteiger partial charge in [-0.3, -0.25) is 4.79 Å². The minimum absolute atomic E-state index is 0.0730. The van der Waals surface area contributed by atoms with Crippen LogP contribution < -0.4 is 5.32 Å². The zero-order chi connectivity index (χ0) is 11.2. The molecule has 0 spiro atoms. The minimum atomic E-state index is -0.698. The maximum absolute atomic E-state index is 11.9. The summed E-state index contributed by atoms with van der Waals surface area (Å²) in [5.74, 6) is 0.571. The minimum Gasteiger partial charge on any atom is -0.376 e. The van der Waals surface area contributed by atoms with Crippen molar-refractivity contribution in [1.82, 2.24) is 5.32 Å². The highest BCUT2D eigenvalue weighted by Gasteiger charge is 2.52. The average Bonchev–Trinajstić information content (AvgIpc) is 3.20. The highest BCUT2D eigenvalue weighted by Crippen LogP contribution is 2.46. The van der Waals surface area contributed by atoms with E-state index in [1.807, 2.05) is 0 Å². The van der Waals surface area contributed by atoms with E-state index in [0.717, 1.165) is 25.9 Å². The van der Waals surface area contributed by atoms with Gasteiger partial charge in [-0.15, -0.1) is 0 Å². The summed E-state index contributed by atoms with van der Waals surface area (Å²) in [5, 5.41) is 12.0. The molecule has 0 aromatic rings. The van der Waals surface area contributed by atoms with Crippen LogP contribution in [0.4, 0.5) is 0 Å². The maximum atomic E-state index is 11.9. The first-order valence-electron chi connectivity index (χ1n) is 6.09.